The van der Waals surface area contributed by atoms with Crippen LogP contribution in [-0.2, 0) is 5.72 Å². The van der Waals surface area contributed by atoms with Crippen LogP contribution in [0.4, 0.5) is 0 Å². The van der Waals surface area contributed by atoms with Crippen molar-refractivity contribution in [2.75, 3.05) is 0 Å². The lowest BCUT2D eigenvalue weighted by atomic mass is 9.87. The summed E-state index contributed by atoms with van der Waals surface area (Å²) in [6.45, 7) is 0. The molecule has 0 bridgehead atoms. The maximum atomic E-state index is 11.9. The molecule has 0 amide bonds. The number of benzene rings is 2. The van der Waals surface area contributed by atoms with Crippen molar-refractivity contribution >= 4 is 17.4 Å². The van der Waals surface area contributed by atoms with Gasteiger partial charge in [-0.1, -0.05) is 60.8 Å². The summed E-state index contributed by atoms with van der Waals surface area (Å²) in [6.07, 6.45) is 4.63. The van der Waals surface area contributed by atoms with Gasteiger partial charge in [0, 0.05) is 21.7 Å². The molecule has 0 spiro atoms. The van der Waals surface area contributed by atoms with Crippen molar-refractivity contribution in [2.24, 2.45) is 4.99 Å². The number of halogens is 1. The number of aliphatic hydroxyl groups is 1. The molecule has 3 atom stereocenters. The molecule has 4 heteroatoms. The van der Waals surface area contributed by atoms with E-state index in [9.17, 15) is 5.11 Å². The largest absolute Gasteiger partial charge is 0.363 e. The van der Waals surface area contributed by atoms with E-state index in [0.29, 0.717) is 11.1 Å². The van der Waals surface area contributed by atoms with Gasteiger partial charge in [-0.3, -0.25) is 4.99 Å². The molecule has 1 fully saturated rings. The van der Waals surface area contributed by atoms with Crippen molar-refractivity contribution < 1.29 is 5.11 Å². The van der Waals surface area contributed by atoms with E-state index in [1.165, 1.54) is 12.8 Å². The highest BCUT2D eigenvalue weighted by atomic mass is 35.5. The highest BCUT2D eigenvalue weighted by Gasteiger charge is 2.55. The Labute approximate surface area is 146 Å². The SMILES string of the molecule is OC1(c2ccc(Cl)cc2)c2ccccc2C2=N[C@@H]3CCCC[C@H]3N21. The third-order valence-corrected chi connectivity index (χ3v) is 5.93. The zero-order chi connectivity index (χ0) is 16.3. The molecule has 2 aromatic carbocycles. The van der Waals surface area contributed by atoms with Crippen molar-refractivity contribution in [1.82, 2.24) is 4.90 Å². The molecular weight excluding hydrogens is 320 g/mol. The van der Waals surface area contributed by atoms with E-state index in [-0.39, 0.29) is 6.04 Å². The lowest BCUT2D eigenvalue weighted by molar-refractivity contribution is -0.0532. The van der Waals surface area contributed by atoms with Gasteiger partial charge in [0.25, 0.3) is 0 Å². The van der Waals surface area contributed by atoms with Gasteiger partial charge in [0.2, 0.25) is 0 Å². The Hall–Kier alpha value is -1.84. The maximum Gasteiger partial charge on any atom is 0.193 e. The van der Waals surface area contributed by atoms with Gasteiger partial charge in [0.15, 0.2) is 5.72 Å². The molecule has 0 saturated heterocycles. The zero-order valence-electron chi connectivity index (χ0n) is 13.3. The average molecular weight is 339 g/mol. The van der Waals surface area contributed by atoms with Gasteiger partial charge in [-0.15, -0.1) is 0 Å². The monoisotopic (exact) mass is 338 g/mol. The van der Waals surface area contributed by atoms with Gasteiger partial charge >= 0.3 is 0 Å². The standard InChI is InChI=1S/C20H19ClN2O/c21-14-11-9-13(10-12-14)20(24)16-6-2-1-5-15(16)19-22-17-7-3-4-8-18(17)23(19)20/h1-2,5-6,9-12,17-18,24H,3-4,7-8H2/t17-,18-,20?/m1/s1. The van der Waals surface area contributed by atoms with E-state index in [0.717, 1.165) is 35.4 Å². The summed E-state index contributed by atoms with van der Waals surface area (Å²) in [5.74, 6) is 0.958. The summed E-state index contributed by atoms with van der Waals surface area (Å²) in [4.78, 5) is 7.18. The Balaban J connectivity index is 1.73. The second-order valence-electron chi connectivity index (χ2n) is 6.97. The highest BCUT2D eigenvalue weighted by Crippen LogP contribution is 2.49. The number of rotatable bonds is 1. The third kappa shape index (κ3) is 1.80. The van der Waals surface area contributed by atoms with Crippen LogP contribution in [0.2, 0.25) is 5.02 Å². The lowest BCUT2D eigenvalue weighted by Gasteiger charge is -2.41. The van der Waals surface area contributed by atoms with E-state index in [1.54, 1.807) is 0 Å². The Bertz CT molecular complexity index is 832. The molecule has 2 aromatic rings. The first-order valence-corrected chi connectivity index (χ1v) is 9.03. The van der Waals surface area contributed by atoms with Crippen LogP contribution in [0.15, 0.2) is 53.5 Å². The van der Waals surface area contributed by atoms with Crippen LogP contribution in [0.25, 0.3) is 0 Å². The first-order chi connectivity index (χ1) is 11.7. The van der Waals surface area contributed by atoms with Crippen molar-refractivity contribution in [3.05, 3.63) is 70.2 Å². The summed E-state index contributed by atoms with van der Waals surface area (Å²) in [5.41, 5.74) is 1.69. The molecule has 2 aliphatic heterocycles. The normalized spacial score (nSPS) is 30.6. The lowest BCUT2D eigenvalue weighted by Crippen LogP contribution is -2.51. The van der Waals surface area contributed by atoms with Crippen molar-refractivity contribution in [3.8, 4) is 0 Å². The predicted octanol–water partition coefficient (Wildman–Crippen LogP) is 3.92. The summed E-state index contributed by atoms with van der Waals surface area (Å²) in [6, 6.07) is 16.2. The minimum atomic E-state index is -1.16. The maximum absolute atomic E-state index is 11.9. The Morgan fingerprint density at radius 1 is 1.04 bits per heavy atom. The van der Waals surface area contributed by atoms with E-state index < -0.39 is 5.72 Å². The predicted molar refractivity (Wildman–Crippen MR) is 95.3 cm³/mol. The third-order valence-electron chi connectivity index (χ3n) is 5.68. The molecule has 122 valence electrons. The summed E-state index contributed by atoms with van der Waals surface area (Å²) in [7, 11) is 0. The van der Waals surface area contributed by atoms with Gasteiger partial charge in [0.1, 0.15) is 5.84 Å². The molecule has 24 heavy (non-hydrogen) atoms. The van der Waals surface area contributed by atoms with Crippen LogP contribution in [-0.4, -0.2) is 27.9 Å². The van der Waals surface area contributed by atoms with Crippen molar-refractivity contribution in [2.45, 2.75) is 43.5 Å². The first-order valence-electron chi connectivity index (χ1n) is 8.65. The van der Waals surface area contributed by atoms with E-state index in [1.807, 2.05) is 42.5 Å². The molecule has 5 rings (SSSR count). The smallest absolute Gasteiger partial charge is 0.193 e. The Kier molecular flexibility index (Phi) is 3.07. The molecule has 1 aliphatic carbocycles. The molecule has 1 unspecified atom stereocenters. The average Bonchev–Trinajstić information content (AvgIpc) is 3.11. The van der Waals surface area contributed by atoms with Crippen molar-refractivity contribution in [3.63, 3.8) is 0 Å². The second-order valence-corrected chi connectivity index (χ2v) is 7.40. The van der Waals surface area contributed by atoms with E-state index in [2.05, 4.69) is 11.0 Å². The van der Waals surface area contributed by atoms with E-state index in [4.69, 9.17) is 16.6 Å². The van der Waals surface area contributed by atoms with Crippen LogP contribution in [0.5, 0.6) is 0 Å². The molecule has 2 heterocycles. The zero-order valence-corrected chi connectivity index (χ0v) is 14.1. The fourth-order valence-corrected chi connectivity index (χ4v) is 4.73. The van der Waals surface area contributed by atoms with Crippen LogP contribution in [0, 0.1) is 0 Å². The highest BCUT2D eigenvalue weighted by molar-refractivity contribution is 6.30. The minimum Gasteiger partial charge on any atom is -0.363 e. The Morgan fingerprint density at radius 3 is 2.62 bits per heavy atom. The molecule has 3 nitrogen and oxygen atoms in total. The topological polar surface area (TPSA) is 35.8 Å². The first kappa shape index (κ1) is 14.5. The van der Waals surface area contributed by atoms with Crippen LogP contribution >= 0.6 is 11.6 Å². The molecule has 0 radical (unpaired) electrons. The summed E-state index contributed by atoms with van der Waals surface area (Å²) >= 11 is 6.07. The van der Waals surface area contributed by atoms with Crippen LogP contribution in [0.3, 0.4) is 0 Å². The van der Waals surface area contributed by atoms with Crippen LogP contribution < -0.4 is 0 Å². The molecule has 1 N–H and O–H groups in total. The fraction of sp³-hybridized carbons (Fsp3) is 0.350. The molecular formula is C20H19ClN2O. The number of amidine groups is 1. The molecule has 3 aliphatic rings. The second kappa shape index (κ2) is 5.08. The summed E-state index contributed by atoms with van der Waals surface area (Å²) < 4.78 is 0. The molecule has 0 aromatic heterocycles. The summed E-state index contributed by atoms with van der Waals surface area (Å²) in [5, 5.41) is 12.6. The quantitative estimate of drug-likeness (QED) is 0.855. The van der Waals surface area contributed by atoms with Gasteiger partial charge in [-0.05, 0) is 25.0 Å². The minimum absolute atomic E-state index is 0.279. The number of nitrogens with zero attached hydrogens (tertiary/aromatic N) is 2. The Morgan fingerprint density at radius 2 is 1.79 bits per heavy atom. The number of aliphatic imine (C=N–C) groups is 1. The van der Waals surface area contributed by atoms with Crippen molar-refractivity contribution in [1.29, 1.82) is 0 Å². The molecule has 1 saturated carbocycles. The fourth-order valence-electron chi connectivity index (χ4n) is 4.60. The van der Waals surface area contributed by atoms with Gasteiger partial charge < -0.3 is 10.0 Å². The van der Waals surface area contributed by atoms with Gasteiger partial charge in [-0.25, -0.2) is 0 Å². The number of fused-ring (bicyclic) bond motifs is 5. The number of hydrogen-bond acceptors (Lipinski definition) is 3. The van der Waals surface area contributed by atoms with Gasteiger partial charge in [-0.2, -0.15) is 0 Å². The van der Waals surface area contributed by atoms with Gasteiger partial charge in [0.05, 0.1) is 12.1 Å². The van der Waals surface area contributed by atoms with E-state index >= 15 is 0 Å². The van der Waals surface area contributed by atoms with Crippen LogP contribution in [0.1, 0.15) is 42.4 Å². The number of hydrogen-bond donors (Lipinski definition) is 1.